The lowest BCUT2D eigenvalue weighted by Crippen LogP contribution is -2.11. The number of aryl methyl sites for hydroxylation is 1. The second-order valence-electron chi connectivity index (χ2n) is 3.52. The van der Waals surface area contributed by atoms with Crippen molar-refractivity contribution < 1.29 is 8.42 Å². The van der Waals surface area contributed by atoms with Gasteiger partial charge >= 0.3 is 0 Å². The molecule has 0 aromatic carbocycles. The number of rotatable bonds is 3. The number of hydrogen-bond acceptors (Lipinski definition) is 4. The summed E-state index contributed by atoms with van der Waals surface area (Å²) in [6.45, 7) is 5.56. The molecule has 0 aliphatic carbocycles. The SMILES string of the molecule is Cc1nc(NC(C)C)ccc1S(=O)(=O)Cl. The number of nitrogens with one attached hydrogen (secondary N) is 1. The van der Waals surface area contributed by atoms with Gasteiger partial charge in [-0.1, -0.05) is 0 Å². The lowest BCUT2D eigenvalue weighted by molar-refractivity contribution is 0.608. The minimum Gasteiger partial charge on any atom is -0.368 e. The number of hydrogen-bond donors (Lipinski definition) is 1. The molecule has 0 saturated heterocycles. The fourth-order valence-corrected chi connectivity index (χ4v) is 2.30. The van der Waals surface area contributed by atoms with Gasteiger partial charge < -0.3 is 5.32 Å². The van der Waals surface area contributed by atoms with E-state index in [4.69, 9.17) is 10.7 Å². The molecule has 84 valence electrons. The van der Waals surface area contributed by atoms with Crippen molar-refractivity contribution in [3.05, 3.63) is 17.8 Å². The van der Waals surface area contributed by atoms with Gasteiger partial charge in [-0.25, -0.2) is 13.4 Å². The van der Waals surface area contributed by atoms with Crippen molar-refractivity contribution in [1.29, 1.82) is 0 Å². The number of nitrogens with zero attached hydrogens (tertiary/aromatic N) is 1. The van der Waals surface area contributed by atoms with Crippen LogP contribution in [0.3, 0.4) is 0 Å². The Kier molecular flexibility index (Phi) is 3.57. The van der Waals surface area contributed by atoms with Crippen LogP contribution in [0.1, 0.15) is 19.5 Å². The summed E-state index contributed by atoms with van der Waals surface area (Å²) >= 11 is 0. The van der Waals surface area contributed by atoms with Crippen LogP contribution in [0.4, 0.5) is 5.82 Å². The quantitative estimate of drug-likeness (QED) is 0.833. The third-order valence-electron chi connectivity index (χ3n) is 1.74. The van der Waals surface area contributed by atoms with E-state index in [9.17, 15) is 8.42 Å². The van der Waals surface area contributed by atoms with Gasteiger partial charge in [0.25, 0.3) is 9.05 Å². The fourth-order valence-electron chi connectivity index (χ4n) is 1.18. The first kappa shape index (κ1) is 12.3. The maximum atomic E-state index is 11.1. The molecule has 1 aromatic heterocycles. The highest BCUT2D eigenvalue weighted by molar-refractivity contribution is 8.13. The lowest BCUT2D eigenvalue weighted by Gasteiger charge is -2.10. The fraction of sp³-hybridized carbons (Fsp3) is 0.444. The van der Waals surface area contributed by atoms with E-state index in [1.165, 1.54) is 6.07 Å². The summed E-state index contributed by atoms with van der Waals surface area (Å²) in [7, 11) is 1.54. The van der Waals surface area contributed by atoms with Gasteiger partial charge in [0.2, 0.25) is 0 Å². The first-order valence-corrected chi connectivity index (χ1v) is 6.80. The minimum absolute atomic E-state index is 0.0541. The zero-order valence-electron chi connectivity index (χ0n) is 8.78. The third kappa shape index (κ3) is 3.35. The largest absolute Gasteiger partial charge is 0.368 e. The van der Waals surface area contributed by atoms with Crippen molar-refractivity contribution in [3.63, 3.8) is 0 Å². The van der Waals surface area contributed by atoms with Gasteiger partial charge in [-0.2, -0.15) is 0 Å². The van der Waals surface area contributed by atoms with Gasteiger partial charge in [-0.3, -0.25) is 0 Å². The van der Waals surface area contributed by atoms with Crippen LogP contribution in [0.25, 0.3) is 0 Å². The highest BCUT2D eigenvalue weighted by Gasteiger charge is 2.14. The van der Waals surface area contributed by atoms with Crippen LogP contribution in [-0.2, 0) is 9.05 Å². The first-order chi connectivity index (χ1) is 6.80. The molecular formula is C9H13ClN2O2S. The number of halogens is 1. The van der Waals surface area contributed by atoms with Crippen molar-refractivity contribution in [2.75, 3.05) is 5.32 Å². The van der Waals surface area contributed by atoms with Gasteiger partial charge in [0.1, 0.15) is 10.7 Å². The molecule has 0 spiro atoms. The van der Waals surface area contributed by atoms with Crippen molar-refractivity contribution in [2.24, 2.45) is 0 Å². The average Bonchev–Trinajstić information content (AvgIpc) is 1.99. The first-order valence-electron chi connectivity index (χ1n) is 4.49. The van der Waals surface area contributed by atoms with Crippen LogP contribution in [0.5, 0.6) is 0 Å². The molecule has 0 aliphatic heterocycles. The molecule has 1 rings (SSSR count). The summed E-state index contributed by atoms with van der Waals surface area (Å²) in [4.78, 5) is 4.16. The van der Waals surface area contributed by atoms with E-state index in [2.05, 4.69) is 10.3 Å². The van der Waals surface area contributed by atoms with Crippen molar-refractivity contribution in [1.82, 2.24) is 4.98 Å². The second-order valence-corrected chi connectivity index (χ2v) is 6.05. The maximum absolute atomic E-state index is 11.1. The van der Waals surface area contributed by atoms with Crippen LogP contribution < -0.4 is 5.32 Å². The van der Waals surface area contributed by atoms with E-state index < -0.39 is 9.05 Å². The predicted molar refractivity (Wildman–Crippen MR) is 60.8 cm³/mol. The summed E-state index contributed by atoms with van der Waals surface area (Å²) in [5, 5.41) is 3.08. The summed E-state index contributed by atoms with van der Waals surface area (Å²) in [6.07, 6.45) is 0. The van der Waals surface area contributed by atoms with Crippen LogP contribution in [0.2, 0.25) is 0 Å². The molecule has 0 unspecified atom stereocenters. The van der Waals surface area contributed by atoms with Gasteiger partial charge in [0.05, 0.1) is 5.69 Å². The molecule has 0 radical (unpaired) electrons. The Morgan fingerprint density at radius 3 is 2.40 bits per heavy atom. The molecule has 6 heteroatoms. The van der Waals surface area contributed by atoms with Crippen LogP contribution in [0, 0.1) is 6.92 Å². The molecule has 0 aliphatic rings. The Morgan fingerprint density at radius 2 is 2.00 bits per heavy atom. The molecule has 4 nitrogen and oxygen atoms in total. The van der Waals surface area contributed by atoms with E-state index in [1.807, 2.05) is 13.8 Å². The average molecular weight is 249 g/mol. The Labute approximate surface area is 94.1 Å². The molecule has 0 amide bonds. The molecule has 0 saturated carbocycles. The Hall–Kier alpha value is -0.810. The third-order valence-corrected chi connectivity index (χ3v) is 3.19. The summed E-state index contributed by atoms with van der Waals surface area (Å²) in [5.74, 6) is 0.645. The van der Waals surface area contributed by atoms with E-state index in [-0.39, 0.29) is 10.9 Å². The highest BCUT2D eigenvalue weighted by Crippen LogP contribution is 2.19. The Bertz CT molecular complexity index is 457. The topological polar surface area (TPSA) is 59.1 Å². The molecule has 0 bridgehead atoms. The van der Waals surface area contributed by atoms with Crippen LogP contribution in [0.15, 0.2) is 17.0 Å². The normalized spacial score (nSPS) is 11.8. The van der Waals surface area contributed by atoms with Crippen molar-refractivity contribution >= 4 is 25.6 Å². The van der Waals surface area contributed by atoms with Gasteiger partial charge in [-0.15, -0.1) is 0 Å². The van der Waals surface area contributed by atoms with Crippen LogP contribution in [-0.4, -0.2) is 19.4 Å². The van der Waals surface area contributed by atoms with Gasteiger partial charge in [0, 0.05) is 16.7 Å². The monoisotopic (exact) mass is 248 g/mol. The number of pyridine rings is 1. The van der Waals surface area contributed by atoms with Gasteiger partial charge in [0.15, 0.2) is 0 Å². The highest BCUT2D eigenvalue weighted by atomic mass is 35.7. The Morgan fingerprint density at radius 1 is 1.40 bits per heavy atom. The molecule has 1 N–H and O–H groups in total. The molecule has 1 aromatic rings. The molecule has 0 fully saturated rings. The lowest BCUT2D eigenvalue weighted by atomic mass is 10.3. The minimum atomic E-state index is -3.70. The van der Waals surface area contributed by atoms with E-state index in [1.54, 1.807) is 13.0 Å². The molecular weight excluding hydrogens is 236 g/mol. The van der Waals surface area contributed by atoms with Crippen molar-refractivity contribution in [2.45, 2.75) is 31.7 Å². The summed E-state index contributed by atoms with van der Waals surface area (Å²) in [6, 6.07) is 3.30. The molecule has 0 atom stereocenters. The second kappa shape index (κ2) is 4.37. The standard InChI is InChI=1S/C9H13ClN2O2S/c1-6(2)11-9-5-4-8(7(3)12-9)15(10,13)14/h4-6H,1-3H3,(H,11,12). The zero-order chi connectivity index (χ0) is 11.6. The van der Waals surface area contributed by atoms with Gasteiger partial charge in [-0.05, 0) is 32.9 Å². The maximum Gasteiger partial charge on any atom is 0.263 e. The number of aromatic nitrogens is 1. The predicted octanol–water partition coefficient (Wildman–Crippen LogP) is 2.14. The van der Waals surface area contributed by atoms with E-state index in [0.717, 1.165) is 0 Å². The Balaban J connectivity index is 3.09. The van der Waals surface area contributed by atoms with Crippen molar-refractivity contribution in [3.8, 4) is 0 Å². The molecule has 1 heterocycles. The van der Waals surface area contributed by atoms with E-state index >= 15 is 0 Å². The van der Waals surface area contributed by atoms with E-state index in [0.29, 0.717) is 11.5 Å². The smallest absolute Gasteiger partial charge is 0.263 e. The summed E-state index contributed by atoms with van der Waals surface area (Å²) in [5.41, 5.74) is 0.399. The summed E-state index contributed by atoms with van der Waals surface area (Å²) < 4.78 is 22.2. The zero-order valence-corrected chi connectivity index (χ0v) is 10.4. The molecule has 15 heavy (non-hydrogen) atoms. The van der Waals surface area contributed by atoms with Crippen LogP contribution >= 0.6 is 10.7 Å². The number of anilines is 1.